The fourth-order valence-electron chi connectivity index (χ4n) is 4.37. The minimum absolute atomic E-state index is 0.0413. The number of amides is 1. The van der Waals surface area contributed by atoms with Gasteiger partial charge in [0.25, 0.3) is 0 Å². The topological polar surface area (TPSA) is 73.8 Å². The number of piperidine rings is 1. The van der Waals surface area contributed by atoms with E-state index >= 15 is 0 Å². The Morgan fingerprint density at radius 1 is 1.14 bits per heavy atom. The molecule has 1 fully saturated rings. The standard InChI is InChI=1S/C25H30ClFN4O3S2/c1-17-5-10-21(26)23-22(17)28-25(35-23)31(14-4-13-29(2)3)24(32)18-11-15-30(16-12-18)36(33,34)20-8-6-19(27)7-9-20/h5-10,18H,4,11-16H2,1-3H3. The van der Waals surface area contributed by atoms with Crippen molar-refractivity contribution in [3.63, 3.8) is 0 Å². The summed E-state index contributed by atoms with van der Waals surface area (Å²) in [5.74, 6) is -0.841. The molecule has 0 unspecified atom stereocenters. The van der Waals surface area contributed by atoms with E-state index in [1.807, 2.05) is 33.2 Å². The number of anilines is 1. The van der Waals surface area contributed by atoms with Crippen molar-refractivity contribution in [2.24, 2.45) is 5.92 Å². The van der Waals surface area contributed by atoms with E-state index in [0.29, 0.717) is 29.5 Å². The zero-order chi connectivity index (χ0) is 26.0. The highest BCUT2D eigenvalue weighted by Crippen LogP contribution is 2.37. The van der Waals surface area contributed by atoms with Gasteiger partial charge in [-0.2, -0.15) is 4.31 Å². The van der Waals surface area contributed by atoms with Gasteiger partial charge in [-0.3, -0.25) is 9.69 Å². The third-order valence-corrected chi connectivity index (χ3v) is 9.88. The van der Waals surface area contributed by atoms with Gasteiger partial charge in [0.05, 0.1) is 20.1 Å². The maximum absolute atomic E-state index is 13.7. The van der Waals surface area contributed by atoms with Gasteiger partial charge in [0.2, 0.25) is 15.9 Å². The van der Waals surface area contributed by atoms with E-state index < -0.39 is 15.8 Å². The normalized spacial score (nSPS) is 15.6. The lowest BCUT2D eigenvalue weighted by molar-refractivity contribution is -0.123. The lowest BCUT2D eigenvalue weighted by Crippen LogP contribution is -2.45. The van der Waals surface area contributed by atoms with Crippen LogP contribution in [0.3, 0.4) is 0 Å². The number of hydrogen-bond donors (Lipinski definition) is 0. The molecule has 194 valence electrons. The summed E-state index contributed by atoms with van der Waals surface area (Å²) in [5.41, 5.74) is 1.80. The number of fused-ring (bicyclic) bond motifs is 1. The average molecular weight is 553 g/mol. The van der Waals surface area contributed by atoms with Crippen LogP contribution in [0.2, 0.25) is 5.02 Å². The third kappa shape index (κ3) is 5.73. The molecule has 0 saturated carbocycles. The zero-order valence-corrected chi connectivity index (χ0v) is 23.0. The van der Waals surface area contributed by atoms with Crippen molar-refractivity contribution in [1.29, 1.82) is 0 Å². The summed E-state index contributed by atoms with van der Waals surface area (Å²) in [6.07, 6.45) is 1.60. The second kappa shape index (κ2) is 11.1. The van der Waals surface area contributed by atoms with E-state index in [1.165, 1.54) is 27.8 Å². The molecule has 0 spiro atoms. The molecule has 3 aromatic rings. The predicted molar refractivity (Wildman–Crippen MR) is 143 cm³/mol. The number of benzene rings is 2. The first-order valence-electron chi connectivity index (χ1n) is 11.9. The molecule has 2 aromatic carbocycles. The van der Waals surface area contributed by atoms with Gasteiger partial charge in [-0.1, -0.05) is 29.0 Å². The Balaban J connectivity index is 1.52. The smallest absolute Gasteiger partial charge is 0.243 e. The van der Waals surface area contributed by atoms with E-state index in [-0.39, 0.29) is 29.8 Å². The predicted octanol–water partition coefficient (Wildman–Crippen LogP) is 4.78. The van der Waals surface area contributed by atoms with Gasteiger partial charge < -0.3 is 4.90 Å². The molecule has 0 atom stereocenters. The minimum atomic E-state index is -3.74. The Kier molecular flexibility index (Phi) is 8.31. The molecule has 2 heterocycles. The molecule has 4 rings (SSSR count). The highest BCUT2D eigenvalue weighted by atomic mass is 35.5. The van der Waals surface area contributed by atoms with Crippen LogP contribution in [-0.2, 0) is 14.8 Å². The van der Waals surface area contributed by atoms with E-state index in [9.17, 15) is 17.6 Å². The van der Waals surface area contributed by atoms with Crippen LogP contribution in [0, 0.1) is 18.7 Å². The van der Waals surface area contributed by atoms with Gasteiger partial charge in [0, 0.05) is 25.6 Å². The van der Waals surface area contributed by atoms with Crippen LogP contribution in [0.4, 0.5) is 9.52 Å². The lowest BCUT2D eigenvalue weighted by atomic mass is 9.96. The van der Waals surface area contributed by atoms with Crippen LogP contribution in [0.1, 0.15) is 24.8 Å². The number of carbonyl (C=O) groups excluding carboxylic acids is 1. The van der Waals surface area contributed by atoms with Crippen molar-refractivity contribution >= 4 is 54.2 Å². The van der Waals surface area contributed by atoms with Gasteiger partial charge in [0.15, 0.2) is 5.13 Å². The summed E-state index contributed by atoms with van der Waals surface area (Å²) >= 11 is 7.83. The fraction of sp³-hybridized carbons (Fsp3) is 0.440. The maximum atomic E-state index is 13.7. The Hall–Kier alpha value is -2.11. The first-order chi connectivity index (χ1) is 17.1. The highest BCUT2D eigenvalue weighted by Gasteiger charge is 2.35. The van der Waals surface area contributed by atoms with Crippen molar-refractivity contribution in [3.8, 4) is 0 Å². The monoisotopic (exact) mass is 552 g/mol. The number of halogens is 2. The number of aryl methyl sites for hydroxylation is 1. The SMILES string of the molecule is Cc1ccc(Cl)c2sc(N(CCCN(C)C)C(=O)C3CCN(S(=O)(=O)c4ccc(F)cc4)CC3)nc12. The summed E-state index contributed by atoms with van der Waals surface area (Å²) in [4.78, 5) is 22.4. The number of thiazole rings is 1. The van der Waals surface area contributed by atoms with Crippen LogP contribution >= 0.6 is 22.9 Å². The highest BCUT2D eigenvalue weighted by molar-refractivity contribution is 7.89. The summed E-state index contributed by atoms with van der Waals surface area (Å²) < 4.78 is 41.5. The molecule has 1 aliphatic rings. The quantitative estimate of drug-likeness (QED) is 0.402. The van der Waals surface area contributed by atoms with Gasteiger partial charge in [0.1, 0.15) is 5.82 Å². The van der Waals surface area contributed by atoms with Crippen LogP contribution in [-0.4, -0.2) is 68.8 Å². The van der Waals surface area contributed by atoms with Crippen molar-refractivity contribution in [2.75, 3.05) is 45.2 Å². The molecule has 36 heavy (non-hydrogen) atoms. The summed E-state index contributed by atoms with van der Waals surface area (Å²) in [7, 11) is 0.241. The van der Waals surface area contributed by atoms with Crippen molar-refractivity contribution < 1.29 is 17.6 Å². The third-order valence-electron chi connectivity index (χ3n) is 6.42. The summed E-state index contributed by atoms with van der Waals surface area (Å²) in [6, 6.07) is 8.59. The van der Waals surface area contributed by atoms with Gasteiger partial charge >= 0.3 is 0 Å². The van der Waals surface area contributed by atoms with Crippen LogP contribution < -0.4 is 4.90 Å². The first-order valence-corrected chi connectivity index (χ1v) is 14.5. The van der Waals surface area contributed by atoms with Gasteiger partial charge in [-0.05, 0) is 82.7 Å². The lowest BCUT2D eigenvalue weighted by Gasteiger charge is -2.33. The van der Waals surface area contributed by atoms with E-state index in [2.05, 4.69) is 4.90 Å². The van der Waals surface area contributed by atoms with Crippen molar-refractivity contribution in [1.82, 2.24) is 14.2 Å². The maximum Gasteiger partial charge on any atom is 0.243 e. The molecule has 0 N–H and O–H groups in total. The molecule has 11 heteroatoms. The Morgan fingerprint density at radius 2 is 1.81 bits per heavy atom. The molecule has 1 amide bonds. The molecule has 0 radical (unpaired) electrons. The fourth-order valence-corrected chi connectivity index (χ4v) is 7.19. The molecular formula is C25H30ClFN4O3S2. The number of aromatic nitrogens is 1. The van der Waals surface area contributed by atoms with E-state index in [1.54, 1.807) is 4.90 Å². The molecule has 1 aliphatic heterocycles. The number of hydrogen-bond acceptors (Lipinski definition) is 6. The van der Waals surface area contributed by atoms with Crippen molar-refractivity contribution in [3.05, 3.63) is 52.8 Å². The number of rotatable bonds is 8. The molecule has 1 aromatic heterocycles. The average Bonchev–Trinajstić information content (AvgIpc) is 3.30. The van der Waals surface area contributed by atoms with E-state index in [0.717, 1.165) is 40.9 Å². The summed E-state index contributed by atoms with van der Waals surface area (Å²) in [5, 5.41) is 1.23. The molecular weight excluding hydrogens is 523 g/mol. The second-order valence-corrected chi connectivity index (χ2v) is 12.6. The molecule has 0 aliphatic carbocycles. The molecule has 7 nitrogen and oxygen atoms in total. The Labute approximate surface area is 220 Å². The van der Waals surface area contributed by atoms with Gasteiger partial charge in [-0.15, -0.1) is 0 Å². The van der Waals surface area contributed by atoms with E-state index in [4.69, 9.17) is 16.6 Å². The van der Waals surface area contributed by atoms with Crippen molar-refractivity contribution in [2.45, 2.75) is 31.1 Å². The minimum Gasteiger partial charge on any atom is -0.309 e. The molecule has 1 saturated heterocycles. The Morgan fingerprint density at radius 3 is 2.42 bits per heavy atom. The first kappa shape index (κ1) is 26.9. The number of sulfonamides is 1. The molecule has 0 bridgehead atoms. The number of carbonyl (C=O) groups is 1. The van der Waals surface area contributed by atoms with Crippen LogP contribution in [0.15, 0.2) is 41.3 Å². The van der Waals surface area contributed by atoms with Crippen LogP contribution in [0.5, 0.6) is 0 Å². The summed E-state index contributed by atoms with van der Waals surface area (Å²) in [6.45, 7) is 3.76. The second-order valence-electron chi connectivity index (χ2n) is 9.32. The zero-order valence-electron chi connectivity index (χ0n) is 20.6. The van der Waals surface area contributed by atoms with Crippen LogP contribution in [0.25, 0.3) is 10.2 Å². The number of nitrogens with zero attached hydrogens (tertiary/aromatic N) is 4. The Bertz CT molecular complexity index is 1300. The van der Waals surface area contributed by atoms with Gasteiger partial charge in [-0.25, -0.2) is 17.8 Å². The largest absolute Gasteiger partial charge is 0.309 e.